The van der Waals surface area contributed by atoms with Gasteiger partial charge in [0.25, 0.3) is 5.69 Å². The third-order valence-corrected chi connectivity index (χ3v) is 3.71. The van der Waals surface area contributed by atoms with Crippen LogP contribution in [0.3, 0.4) is 0 Å². The zero-order valence-electron chi connectivity index (χ0n) is 10.2. The number of halogens is 2. The van der Waals surface area contributed by atoms with Gasteiger partial charge in [-0.25, -0.2) is 8.78 Å². The molecule has 2 aromatic rings. The van der Waals surface area contributed by atoms with E-state index in [-0.39, 0.29) is 0 Å². The summed E-state index contributed by atoms with van der Waals surface area (Å²) in [4.78, 5) is 9.17. The second kappa shape index (κ2) is 5.44. The molecule has 0 saturated heterocycles. The van der Waals surface area contributed by atoms with Crippen LogP contribution in [0.2, 0.25) is 0 Å². The minimum atomic E-state index is -4.63. The van der Waals surface area contributed by atoms with E-state index in [2.05, 4.69) is 4.18 Å². The highest BCUT2D eigenvalue weighted by molar-refractivity contribution is 7.87. The van der Waals surface area contributed by atoms with Crippen molar-refractivity contribution in [2.45, 2.75) is 4.90 Å². The normalized spacial score (nSPS) is 11.1. The molecule has 0 bridgehead atoms. The van der Waals surface area contributed by atoms with E-state index in [1.165, 1.54) is 12.1 Å². The fraction of sp³-hybridized carbons (Fsp3) is 0. The molecule has 0 aliphatic heterocycles. The van der Waals surface area contributed by atoms with E-state index < -0.39 is 43.0 Å². The standard InChI is InChI=1S/C12H7F2NO5S/c13-8-5-6-11(9(14)7-8)20-21(18,19)12-4-2-1-3-10(12)15(16)17/h1-7H. The van der Waals surface area contributed by atoms with E-state index in [9.17, 15) is 27.3 Å². The number of para-hydroxylation sites is 1. The van der Waals surface area contributed by atoms with E-state index in [4.69, 9.17) is 0 Å². The van der Waals surface area contributed by atoms with E-state index in [1.807, 2.05) is 0 Å². The number of rotatable bonds is 4. The Bertz CT molecular complexity index is 807. The molecule has 6 nitrogen and oxygen atoms in total. The highest BCUT2D eigenvalue weighted by Gasteiger charge is 2.28. The Labute approximate surface area is 117 Å². The van der Waals surface area contributed by atoms with Crippen molar-refractivity contribution in [3.63, 3.8) is 0 Å². The number of nitro benzene ring substituents is 1. The van der Waals surface area contributed by atoms with Crippen molar-refractivity contribution in [1.82, 2.24) is 0 Å². The van der Waals surface area contributed by atoms with Crippen LogP contribution in [0.1, 0.15) is 0 Å². The topological polar surface area (TPSA) is 86.5 Å². The molecule has 0 atom stereocenters. The van der Waals surface area contributed by atoms with Crippen LogP contribution in [0.25, 0.3) is 0 Å². The quantitative estimate of drug-likeness (QED) is 0.492. The Kier molecular flexibility index (Phi) is 3.85. The first-order valence-corrected chi connectivity index (χ1v) is 6.85. The van der Waals surface area contributed by atoms with Crippen LogP contribution in [-0.4, -0.2) is 13.3 Å². The maximum Gasteiger partial charge on any atom is 0.346 e. The van der Waals surface area contributed by atoms with Gasteiger partial charge in [-0.3, -0.25) is 10.1 Å². The lowest BCUT2D eigenvalue weighted by Crippen LogP contribution is -2.12. The van der Waals surface area contributed by atoms with E-state index >= 15 is 0 Å². The molecule has 0 radical (unpaired) electrons. The number of nitrogens with zero attached hydrogens (tertiary/aromatic N) is 1. The zero-order chi connectivity index (χ0) is 15.6. The van der Waals surface area contributed by atoms with Crippen molar-refractivity contribution in [3.8, 4) is 5.75 Å². The minimum Gasteiger partial charge on any atom is -0.376 e. The van der Waals surface area contributed by atoms with E-state index in [0.29, 0.717) is 6.07 Å². The number of nitro groups is 1. The van der Waals surface area contributed by atoms with Crippen LogP contribution in [0.15, 0.2) is 47.4 Å². The van der Waals surface area contributed by atoms with Gasteiger partial charge in [-0.1, -0.05) is 12.1 Å². The molecule has 110 valence electrons. The van der Waals surface area contributed by atoms with Gasteiger partial charge in [0, 0.05) is 12.1 Å². The lowest BCUT2D eigenvalue weighted by atomic mass is 10.3. The molecular formula is C12H7F2NO5S. The van der Waals surface area contributed by atoms with Gasteiger partial charge in [-0.05, 0) is 18.2 Å². The molecule has 0 spiro atoms. The lowest BCUT2D eigenvalue weighted by Gasteiger charge is -2.08. The smallest absolute Gasteiger partial charge is 0.346 e. The molecule has 21 heavy (non-hydrogen) atoms. The zero-order valence-corrected chi connectivity index (χ0v) is 11.0. The summed E-state index contributed by atoms with van der Waals surface area (Å²) < 4.78 is 54.6. The van der Waals surface area contributed by atoms with Gasteiger partial charge in [0.1, 0.15) is 5.82 Å². The van der Waals surface area contributed by atoms with Gasteiger partial charge in [0.2, 0.25) is 0 Å². The molecule has 0 fully saturated rings. The Morgan fingerprint density at radius 2 is 1.76 bits per heavy atom. The summed E-state index contributed by atoms with van der Waals surface area (Å²) in [5.41, 5.74) is -0.708. The fourth-order valence-corrected chi connectivity index (χ4v) is 2.63. The van der Waals surface area contributed by atoms with Crippen molar-refractivity contribution in [1.29, 1.82) is 0 Å². The van der Waals surface area contributed by atoms with E-state index in [0.717, 1.165) is 24.3 Å². The molecule has 0 aliphatic rings. The largest absolute Gasteiger partial charge is 0.376 e. The lowest BCUT2D eigenvalue weighted by molar-refractivity contribution is -0.387. The van der Waals surface area contributed by atoms with Gasteiger partial charge >= 0.3 is 10.1 Å². The maximum absolute atomic E-state index is 13.4. The second-order valence-corrected chi connectivity index (χ2v) is 5.35. The van der Waals surface area contributed by atoms with Crippen LogP contribution in [0.4, 0.5) is 14.5 Å². The van der Waals surface area contributed by atoms with Crippen molar-refractivity contribution < 1.29 is 26.3 Å². The predicted octanol–water partition coefficient (Wildman–Crippen LogP) is 2.64. The van der Waals surface area contributed by atoms with Gasteiger partial charge in [-0.2, -0.15) is 8.42 Å². The van der Waals surface area contributed by atoms with Crippen LogP contribution in [-0.2, 0) is 10.1 Å². The molecule has 2 rings (SSSR count). The number of hydrogen-bond acceptors (Lipinski definition) is 5. The first-order valence-electron chi connectivity index (χ1n) is 5.44. The van der Waals surface area contributed by atoms with Crippen LogP contribution in [0, 0.1) is 21.7 Å². The molecule has 0 unspecified atom stereocenters. The average Bonchev–Trinajstić information content (AvgIpc) is 2.42. The molecule has 0 saturated carbocycles. The van der Waals surface area contributed by atoms with Gasteiger partial charge < -0.3 is 4.18 Å². The fourth-order valence-electron chi connectivity index (χ4n) is 1.53. The minimum absolute atomic E-state index is 0.435. The second-order valence-electron chi connectivity index (χ2n) is 3.84. The molecular weight excluding hydrogens is 308 g/mol. The molecule has 2 aromatic carbocycles. The summed E-state index contributed by atoms with van der Waals surface area (Å²) in [6.45, 7) is 0. The van der Waals surface area contributed by atoms with Crippen molar-refractivity contribution >= 4 is 15.8 Å². The summed E-state index contributed by atoms with van der Waals surface area (Å²) in [5, 5.41) is 10.8. The summed E-state index contributed by atoms with van der Waals surface area (Å²) in [6, 6.07) is 6.46. The van der Waals surface area contributed by atoms with Crippen LogP contribution in [0.5, 0.6) is 5.75 Å². The Morgan fingerprint density at radius 3 is 2.38 bits per heavy atom. The summed E-state index contributed by atoms with van der Waals surface area (Å²) in [7, 11) is -4.63. The third-order valence-electron chi connectivity index (χ3n) is 2.42. The van der Waals surface area contributed by atoms with Crippen molar-refractivity contribution in [2.24, 2.45) is 0 Å². The number of hydrogen-bond donors (Lipinski definition) is 0. The van der Waals surface area contributed by atoms with Gasteiger partial charge in [0.05, 0.1) is 4.92 Å². The van der Waals surface area contributed by atoms with Crippen LogP contribution >= 0.6 is 0 Å². The molecule has 0 amide bonds. The maximum atomic E-state index is 13.4. The van der Waals surface area contributed by atoms with Gasteiger partial charge in [0.15, 0.2) is 16.5 Å². The molecule has 0 aromatic heterocycles. The number of benzene rings is 2. The molecule has 0 aliphatic carbocycles. The summed E-state index contributed by atoms with van der Waals surface area (Å²) in [5.74, 6) is -2.91. The SMILES string of the molecule is O=[N+]([O-])c1ccccc1S(=O)(=O)Oc1ccc(F)cc1F. The first kappa shape index (κ1) is 14.9. The molecule has 0 heterocycles. The van der Waals surface area contributed by atoms with Crippen LogP contribution < -0.4 is 4.18 Å². The molecule has 0 N–H and O–H groups in total. The Balaban J connectivity index is 2.46. The predicted molar refractivity (Wildman–Crippen MR) is 67.3 cm³/mol. The van der Waals surface area contributed by atoms with Crippen molar-refractivity contribution in [2.75, 3.05) is 0 Å². The highest BCUT2D eigenvalue weighted by Crippen LogP contribution is 2.27. The Hall–Kier alpha value is -2.55. The monoisotopic (exact) mass is 315 g/mol. The first-order chi connectivity index (χ1) is 9.81. The summed E-state index contributed by atoms with van der Waals surface area (Å²) >= 11 is 0. The third kappa shape index (κ3) is 3.14. The highest BCUT2D eigenvalue weighted by atomic mass is 32.2. The van der Waals surface area contributed by atoms with Gasteiger partial charge in [-0.15, -0.1) is 0 Å². The summed E-state index contributed by atoms with van der Waals surface area (Å²) in [6.07, 6.45) is 0. The van der Waals surface area contributed by atoms with E-state index in [1.54, 1.807) is 0 Å². The van der Waals surface area contributed by atoms with Crippen molar-refractivity contribution in [3.05, 3.63) is 64.2 Å². The Morgan fingerprint density at radius 1 is 1.10 bits per heavy atom. The molecule has 9 heteroatoms. The average molecular weight is 315 g/mol.